The van der Waals surface area contributed by atoms with Crippen LogP contribution in [0.4, 0.5) is 13.2 Å². The van der Waals surface area contributed by atoms with Crippen LogP contribution in [0.3, 0.4) is 0 Å². The number of sulfonamides is 1. The monoisotopic (exact) mass is 312 g/mol. The lowest BCUT2D eigenvalue weighted by atomic mass is 10.1. The molecule has 0 aliphatic carbocycles. The largest absolute Gasteiger partial charge is 0.408 e. The van der Waals surface area contributed by atoms with E-state index in [1.165, 1.54) is 0 Å². The topological polar surface area (TPSA) is 76.0 Å². The lowest BCUT2D eigenvalue weighted by molar-refractivity contribution is -0.142. The van der Waals surface area contributed by atoms with Crippen LogP contribution in [-0.2, 0) is 16.6 Å². The molecule has 1 aliphatic rings. The molecule has 0 amide bonds. The summed E-state index contributed by atoms with van der Waals surface area (Å²) in [6.45, 7) is 0.108. The summed E-state index contributed by atoms with van der Waals surface area (Å²) in [7, 11) is -3.82. The highest BCUT2D eigenvalue weighted by molar-refractivity contribution is 7.89. The minimum atomic E-state index is -4.44. The predicted molar refractivity (Wildman–Crippen MR) is 64.5 cm³/mol. The number of piperidine rings is 1. The van der Waals surface area contributed by atoms with E-state index in [-0.39, 0.29) is 10.9 Å². The van der Waals surface area contributed by atoms with Crippen LogP contribution in [0, 0.1) is 0 Å². The number of hydrogen-bond acceptors (Lipinski definition) is 4. The fourth-order valence-corrected chi connectivity index (χ4v) is 3.24. The molecule has 0 radical (unpaired) electrons. The minimum Gasteiger partial charge on any atom is -0.317 e. The first kappa shape index (κ1) is 15.3. The van der Waals surface area contributed by atoms with E-state index in [4.69, 9.17) is 0 Å². The van der Waals surface area contributed by atoms with Gasteiger partial charge >= 0.3 is 6.18 Å². The van der Waals surface area contributed by atoms with Crippen LogP contribution in [-0.4, -0.2) is 43.5 Å². The van der Waals surface area contributed by atoms with Crippen LogP contribution in [0.1, 0.15) is 12.8 Å². The Morgan fingerprint density at radius 3 is 2.65 bits per heavy atom. The van der Waals surface area contributed by atoms with Gasteiger partial charge in [0.25, 0.3) is 0 Å². The van der Waals surface area contributed by atoms with Gasteiger partial charge in [0.05, 0.1) is 6.20 Å². The SMILES string of the molecule is O=S(=O)(NC1CCNCC1)c1cnn(CC(F)(F)F)c1. The summed E-state index contributed by atoms with van der Waals surface area (Å²) in [5.74, 6) is 0. The van der Waals surface area contributed by atoms with E-state index in [1.54, 1.807) is 0 Å². The van der Waals surface area contributed by atoms with E-state index >= 15 is 0 Å². The fourth-order valence-electron chi connectivity index (χ4n) is 1.98. The van der Waals surface area contributed by atoms with Gasteiger partial charge in [-0.05, 0) is 25.9 Å². The molecule has 2 rings (SSSR count). The lowest BCUT2D eigenvalue weighted by Gasteiger charge is -2.23. The standard InChI is InChI=1S/C10H15F3N4O2S/c11-10(12,13)7-17-6-9(5-15-17)20(18,19)16-8-1-3-14-4-2-8/h5-6,8,14,16H,1-4,7H2. The molecule has 10 heteroatoms. The van der Waals surface area contributed by atoms with Crippen molar-refractivity contribution in [1.82, 2.24) is 19.8 Å². The van der Waals surface area contributed by atoms with E-state index in [2.05, 4.69) is 15.1 Å². The Labute approximate surface area is 114 Å². The van der Waals surface area contributed by atoms with E-state index in [0.29, 0.717) is 30.6 Å². The van der Waals surface area contributed by atoms with Gasteiger partial charge in [-0.15, -0.1) is 0 Å². The Morgan fingerprint density at radius 2 is 2.05 bits per heavy atom. The predicted octanol–water partition coefficient (Wildman–Crippen LogP) is 0.476. The number of halogens is 3. The number of nitrogens with zero attached hydrogens (tertiary/aromatic N) is 2. The Morgan fingerprint density at radius 1 is 1.40 bits per heavy atom. The molecule has 2 heterocycles. The second-order valence-electron chi connectivity index (χ2n) is 4.63. The second kappa shape index (κ2) is 5.70. The van der Waals surface area contributed by atoms with Crippen molar-refractivity contribution in [3.05, 3.63) is 12.4 Å². The number of rotatable bonds is 4. The zero-order valence-electron chi connectivity index (χ0n) is 10.5. The maximum atomic E-state index is 12.2. The van der Waals surface area contributed by atoms with Gasteiger partial charge in [0.15, 0.2) is 0 Å². The van der Waals surface area contributed by atoms with Crippen LogP contribution < -0.4 is 10.0 Å². The lowest BCUT2D eigenvalue weighted by Crippen LogP contribution is -2.42. The van der Waals surface area contributed by atoms with Gasteiger partial charge < -0.3 is 5.32 Å². The molecule has 0 saturated carbocycles. The molecule has 1 aromatic rings. The van der Waals surface area contributed by atoms with Crippen molar-refractivity contribution in [2.75, 3.05) is 13.1 Å². The highest BCUT2D eigenvalue weighted by Crippen LogP contribution is 2.18. The van der Waals surface area contributed by atoms with E-state index in [9.17, 15) is 21.6 Å². The molecule has 0 atom stereocenters. The summed E-state index contributed by atoms with van der Waals surface area (Å²) in [5.41, 5.74) is 0. The van der Waals surface area contributed by atoms with Gasteiger partial charge in [0.2, 0.25) is 10.0 Å². The molecule has 0 aromatic carbocycles. The first-order valence-corrected chi connectivity index (χ1v) is 7.57. The Bertz CT molecular complexity index is 549. The van der Waals surface area contributed by atoms with E-state index < -0.39 is 22.7 Å². The van der Waals surface area contributed by atoms with Gasteiger partial charge in [-0.2, -0.15) is 18.3 Å². The van der Waals surface area contributed by atoms with E-state index in [1.807, 2.05) is 0 Å². The molecule has 0 bridgehead atoms. The molecule has 1 aromatic heterocycles. The van der Waals surface area contributed by atoms with Crippen LogP contribution in [0.2, 0.25) is 0 Å². The number of nitrogens with one attached hydrogen (secondary N) is 2. The number of alkyl halides is 3. The maximum Gasteiger partial charge on any atom is 0.408 e. The summed E-state index contributed by atoms with van der Waals surface area (Å²) >= 11 is 0. The van der Waals surface area contributed by atoms with Gasteiger partial charge in [-0.25, -0.2) is 13.1 Å². The van der Waals surface area contributed by atoms with Crippen LogP contribution >= 0.6 is 0 Å². The molecular weight excluding hydrogens is 297 g/mol. The van der Waals surface area contributed by atoms with Crippen molar-refractivity contribution in [1.29, 1.82) is 0 Å². The van der Waals surface area contributed by atoms with Gasteiger partial charge in [-0.1, -0.05) is 0 Å². The molecular formula is C10H15F3N4O2S. The molecule has 1 fully saturated rings. The third-order valence-corrected chi connectivity index (χ3v) is 4.40. The van der Waals surface area contributed by atoms with Crippen LogP contribution in [0.25, 0.3) is 0 Å². The molecule has 1 saturated heterocycles. The summed E-state index contributed by atoms with van der Waals surface area (Å²) in [6, 6.07) is -0.202. The highest BCUT2D eigenvalue weighted by Gasteiger charge is 2.29. The van der Waals surface area contributed by atoms with Crippen molar-refractivity contribution >= 4 is 10.0 Å². The molecule has 0 spiro atoms. The average Bonchev–Trinajstić information content (AvgIpc) is 2.76. The first-order valence-electron chi connectivity index (χ1n) is 6.08. The van der Waals surface area contributed by atoms with Crippen molar-refractivity contribution in [3.8, 4) is 0 Å². The third kappa shape index (κ3) is 4.18. The normalized spacial score (nSPS) is 18.4. The fraction of sp³-hybridized carbons (Fsp3) is 0.700. The number of aromatic nitrogens is 2. The Kier molecular flexibility index (Phi) is 4.35. The summed E-state index contributed by atoms with van der Waals surface area (Å²) in [5, 5.41) is 6.52. The third-order valence-electron chi connectivity index (χ3n) is 2.92. The zero-order chi connectivity index (χ0) is 14.8. The summed E-state index contributed by atoms with van der Waals surface area (Å²) in [6.07, 6.45) is -1.33. The quantitative estimate of drug-likeness (QED) is 0.848. The highest BCUT2D eigenvalue weighted by atomic mass is 32.2. The van der Waals surface area contributed by atoms with Crippen LogP contribution in [0.5, 0.6) is 0 Å². The van der Waals surface area contributed by atoms with Crippen molar-refractivity contribution in [2.24, 2.45) is 0 Å². The molecule has 2 N–H and O–H groups in total. The van der Waals surface area contributed by atoms with Gasteiger partial charge in [-0.3, -0.25) is 4.68 Å². The summed E-state index contributed by atoms with van der Waals surface area (Å²) < 4.78 is 63.6. The number of hydrogen-bond donors (Lipinski definition) is 2. The molecule has 20 heavy (non-hydrogen) atoms. The second-order valence-corrected chi connectivity index (χ2v) is 6.35. The van der Waals surface area contributed by atoms with Crippen molar-refractivity contribution in [2.45, 2.75) is 36.5 Å². The first-order chi connectivity index (χ1) is 9.26. The van der Waals surface area contributed by atoms with Gasteiger partial charge in [0, 0.05) is 12.2 Å². The molecule has 114 valence electrons. The van der Waals surface area contributed by atoms with Gasteiger partial charge in [0.1, 0.15) is 11.4 Å². The molecule has 0 unspecified atom stereocenters. The summed E-state index contributed by atoms with van der Waals surface area (Å²) in [4.78, 5) is -0.250. The molecule has 6 nitrogen and oxygen atoms in total. The van der Waals surface area contributed by atoms with Crippen molar-refractivity contribution < 1.29 is 21.6 Å². The Balaban J connectivity index is 2.05. The van der Waals surface area contributed by atoms with Crippen molar-refractivity contribution in [3.63, 3.8) is 0 Å². The smallest absolute Gasteiger partial charge is 0.317 e. The Hall–Kier alpha value is -1.13. The zero-order valence-corrected chi connectivity index (χ0v) is 11.3. The average molecular weight is 312 g/mol. The van der Waals surface area contributed by atoms with E-state index in [0.717, 1.165) is 12.4 Å². The maximum absolute atomic E-state index is 12.2. The molecule has 1 aliphatic heterocycles. The minimum absolute atomic E-state index is 0.202. The van der Waals surface area contributed by atoms with Crippen LogP contribution in [0.15, 0.2) is 17.3 Å².